The first kappa shape index (κ1) is 19.2. The first-order valence-corrected chi connectivity index (χ1v) is 9.35. The molecule has 0 N–H and O–H groups in total. The van der Waals surface area contributed by atoms with Crippen molar-refractivity contribution in [2.45, 2.75) is 39.7 Å². The van der Waals surface area contributed by atoms with Gasteiger partial charge in [-0.25, -0.2) is 4.39 Å². The second-order valence-electron chi connectivity index (χ2n) is 7.48. The Kier molecular flexibility index (Phi) is 5.36. The zero-order valence-electron chi connectivity index (χ0n) is 16.7. The Morgan fingerprint density at radius 3 is 2.52 bits per heavy atom. The number of halogens is 1. The van der Waals surface area contributed by atoms with Crippen molar-refractivity contribution in [2.75, 3.05) is 18.6 Å². The summed E-state index contributed by atoms with van der Waals surface area (Å²) < 4.78 is 18.7. The fourth-order valence-corrected chi connectivity index (χ4v) is 3.70. The van der Waals surface area contributed by atoms with Gasteiger partial charge in [-0.05, 0) is 63.1 Å². The van der Waals surface area contributed by atoms with Crippen LogP contribution in [0.15, 0.2) is 47.5 Å². The van der Waals surface area contributed by atoms with Gasteiger partial charge in [-0.1, -0.05) is 13.0 Å². The van der Waals surface area contributed by atoms with Crippen LogP contribution in [0.25, 0.3) is 5.57 Å². The standard InChI is InChI=1S/C23H27FN2O/c1-6-11-26-21-13-22(27-5)17(12-20(21)16(2)14-23(26,3)4)15-25-19-9-7-18(24)8-10-19/h7-10,12-15H,6,11H2,1-5H3. The fraction of sp³-hybridized carbons (Fsp3) is 0.348. The van der Waals surface area contributed by atoms with Crippen LogP contribution in [0.1, 0.15) is 45.2 Å². The minimum atomic E-state index is -0.264. The van der Waals surface area contributed by atoms with Crippen LogP contribution in [-0.4, -0.2) is 25.4 Å². The smallest absolute Gasteiger partial charge is 0.129 e. The summed E-state index contributed by atoms with van der Waals surface area (Å²) in [4.78, 5) is 6.91. The van der Waals surface area contributed by atoms with Crippen molar-refractivity contribution in [3.05, 3.63) is 59.4 Å². The van der Waals surface area contributed by atoms with E-state index in [1.807, 2.05) is 0 Å². The van der Waals surface area contributed by atoms with Crippen molar-refractivity contribution in [1.82, 2.24) is 0 Å². The number of benzene rings is 2. The van der Waals surface area contributed by atoms with Crippen LogP contribution in [-0.2, 0) is 0 Å². The van der Waals surface area contributed by atoms with E-state index in [9.17, 15) is 4.39 Å². The maximum Gasteiger partial charge on any atom is 0.129 e. The third-order valence-electron chi connectivity index (χ3n) is 4.96. The van der Waals surface area contributed by atoms with Crippen LogP contribution in [0.5, 0.6) is 5.75 Å². The minimum absolute atomic E-state index is 0.0399. The third kappa shape index (κ3) is 3.90. The van der Waals surface area contributed by atoms with Gasteiger partial charge in [0, 0.05) is 35.6 Å². The molecule has 0 spiro atoms. The van der Waals surface area contributed by atoms with Gasteiger partial charge < -0.3 is 9.64 Å². The second kappa shape index (κ2) is 7.55. The molecule has 3 rings (SSSR count). The molecule has 0 unspecified atom stereocenters. The molecule has 4 heteroatoms. The van der Waals surface area contributed by atoms with E-state index in [0.717, 1.165) is 24.3 Å². The van der Waals surface area contributed by atoms with Crippen LogP contribution >= 0.6 is 0 Å². The number of methoxy groups -OCH3 is 1. The highest BCUT2D eigenvalue weighted by Crippen LogP contribution is 2.42. The van der Waals surface area contributed by atoms with E-state index < -0.39 is 0 Å². The SMILES string of the molecule is CCCN1c2cc(OC)c(C=Nc3ccc(F)cc3)cc2C(C)=CC1(C)C. The van der Waals surface area contributed by atoms with E-state index in [0.29, 0.717) is 5.69 Å². The van der Waals surface area contributed by atoms with Crippen molar-refractivity contribution in [3.63, 3.8) is 0 Å². The van der Waals surface area contributed by atoms with Crippen molar-refractivity contribution < 1.29 is 9.13 Å². The van der Waals surface area contributed by atoms with E-state index in [-0.39, 0.29) is 11.4 Å². The number of fused-ring (bicyclic) bond motifs is 1. The van der Waals surface area contributed by atoms with Gasteiger partial charge >= 0.3 is 0 Å². The number of anilines is 1. The third-order valence-corrected chi connectivity index (χ3v) is 4.96. The molecular formula is C23H27FN2O. The van der Waals surface area contributed by atoms with E-state index in [4.69, 9.17) is 4.74 Å². The molecule has 0 aliphatic carbocycles. The van der Waals surface area contributed by atoms with Gasteiger partial charge in [0.2, 0.25) is 0 Å². The molecule has 0 saturated heterocycles. The zero-order valence-corrected chi connectivity index (χ0v) is 16.7. The highest BCUT2D eigenvalue weighted by Gasteiger charge is 2.31. The molecule has 2 aromatic rings. The van der Waals surface area contributed by atoms with Gasteiger partial charge in [-0.3, -0.25) is 4.99 Å². The summed E-state index contributed by atoms with van der Waals surface area (Å²) in [7, 11) is 1.68. The van der Waals surface area contributed by atoms with Crippen molar-refractivity contribution in [3.8, 4) is 5.75 Å². The number of allylic oxidation sites excluding steroid dienone is 1. The number of aliphatic imine (C=N–C) groups is 1. The Morgan fingerprint density at radius 1 is 1.19 bits per heavy atom. The molecule has 0 aromatic heterocycles. The van der Waals surface area contributed by atoms with Crippen LogP contribution in [0.2, 0.25) is 0 Å². The molecule has 3 nitrogen and oxygen atoms in total. The van der Waals surface area contributed by atoms with Crippen molar-refractivity contribution in [1.29, 1.82) is 0 Å². The Morgan fingerprint density at radius 2 is 1.89 bits per heavy atom. The summed E-state index contributed by atoms with van der Waals surface area (Å²) in [5, 5.41) is 0. The topological polar surface area (TPSA) is 24.8 Å². The Balaban J connectivity index is 2.05. The maximum atomic E-state index is 13.1. The molecule has 0 radical (unpaired) electrons. The molecule has 0 saturated carbocycles. The fourth-order valence-electron chi connectivity index (χ4n) is 3.70. The largest absolute Gasteiger partial charge is 0.496 e. The molecule has 0 fully saturated rings. The predicted molar refractivity (Wildman–Crippen MR) is 112 cm³/mol. The molecule has 1 heterocycles. The first-order chi connectivity index (χ1) is 12.9. The lowest BCUT2D eigenvalue weighted by Gasteiger charge is -2.43. The Hall–Kier alpha value is -2.62. The van der Waals surface area contributed by atoms with Gasteiger partial charge in [0.05, 0.1) is 18.3 Å². The number of hydrogen-bond donors (Lipinski definition) is 0. The van der Waals surface area contributed by atoms with Crippen LogP contribution in [0.3, 0.4) is 0 Å². The highest BCUT2D eigenvalue weighted by atomic mass is 19.1. The van der Waals surface area contributed by atoms with Gasteiger partial charge in [-0.15, -0.1) is 0 Å². The number of nitrogens with zero attached hydrogens (tertiary/aromatic N) is 2. The lowest BCUT2D eigenvalue weighted by atomic mass is 9.87. The number of ether oxygens (including phenoxy) is 1. The predicted octanol–water partition coefficient (Wildman–Crippen LogP) is 6.00. The molecule has 27 heavy (non-hydrogen) atoms. The summed E-state index contributed by atoms with van der Waals surface area (Å²) in [5.74, 6) is 0.519. The maximum absolute atomic E-state index is 13.1. The van der Waals surface area contributed by atoms with Crippen molar-refractivity contribution >= 4 is 23.2 Å². The summed E-state index contributed by atoms with van der Waals surface area (Å²) in [5.41, 5.74) is 5.21. The highest BCUT2D eigenvalue weighted by molar-refractivity contribution is 5.92. The lowest BCUT2D eigenvalue weighted by molar-refractivity contribution is 0.413. The molecule has 1 aliphatic rings. The number of rotatable bonds is 5. The summed E-state index contributed by atoms with van der Waals surface area (Å²) in [6.45, 7) is 9.81. The van der Waals surface area contributed by atoms with Gasteiger partial charge in [0.25, 0.3) is 0 Å². The van der Waals surface area contributed by atoms with E-state index in [1.54, 1.807) is 25.5 Å². The van der Waals surface area contributed by atoms with E-state index in [2.05, 4.69) is 55.8 Å². The van der Waals surface area contributed by atoms with Crippen LogP contribution in [0.4, 0.5) is 15.8 Å². The monoisotopic (exact) mass is 366 g/mol. The molecule has 142 valence electrons. The number of hydrogen-bond acceptors (Lipinski definition) is 3. The van der Waals surface area contributed by atoms with Crippen LogP contribution < -0.4 is 9.64 Å². The van der Waals surface area contributed by atoms with Gasteiger partial charge in [0.1, 0.15) is 11.6 Å². The first-order valence-electron chi connectivity index (χ1n) is 9.35. The second-order valence-corrected chi connectivity index (χ2v) is 7.48. The minimum Gasteiger partial charge on any atom is -0.496 e. The molecule has 2 aromatic carbocycles. The normalized spacial score (nSPS) is 15.6. The molecular weight excluding hydrogens is 339 g/mol. The summed E-state index contributed by atoms with van der Waals surface area (Å²) in [6, 6.07) is 10.4. The molecule has 1 aliphatic heterocycles. The summed E-state index contributed by atoms with van der Waals surface area (Å²) in [6.07, 6.45) is 5.17. The Labute approximate surface area is 161 Å². The molecule has 0 bridgehead atoms. The van der Waals surface area contributed by atoms with Gasteiger partial charge in [0.15, 0.2) is 0 Å². The lowest BCUT2D eigenvalue weighted by Crippen LogP contribution is -2.45. The molecule has 0 amide bonds. The van der Waals surface area contributed by atoms with Gasteiger partial charge in [-0.2, -0.15) is 0 Å². The average Bonchev–Trinajstić information content (AvgIpc) is 2.63. The quantitative estimate of drug-likeness (QED) is 0.607. The van der Waals surface area contributed by atoms with E-state index >= 15 is 0 Å². The zero-order chi connectivity index (χ0) is 19.6. The Bertz CT molecular complexity index is 882. The van der Waals surface area contributed by atoms with E-state index in [1.165, 1.54) is 29.0 Å². The average molecular weight is 366 g/mol. The van der Waals surface area contributed by atoms with Crippen LogP contribution in [0, 0.1) is 5.82 Å². The van der Waals surface area contributed by atoms with Crippen molar-refractivity contribution in [2.24, 2.45) is 4.99 Å². The summed E-state index contributed by atoms with van der Waals surface area (Å²) >= 11 is 0. The molecule has 0 atom stereocenters.